The predicted octanol–water partition coefficient (Wildman–Crippen LogP) is 2.45. The van der Waals surface area contributed by atoms with Crippen LogP contribution in [0.3, 0.4) is 0 Å². The Bertz CT molecular complexity index is 888. The van der Waals surface area contributed by atoms with Gasteiger partial charge < -0.3 is 15.8 Å². The van der Waals surface area contributed by atoms with E-state index in [0.717, 1.165) is 10.9 Å². The first-order valence-corrected chi connectivity index (χ1v) is 6.86. The molecule has 0 aliphatic carbocycles. The summed E-state index contributed by atoms with van der Waals surface area (Å²) in [6, 6.07) is 16.1. The van der Waals surface area contributed by atoms with Crippen molar-refractivity contribution in [2.24, 2.45) is 5.73 Å². The van der Waals surface area contributed by atoms with Crippen molar-refractivity contribution in [3.8, 4) is 11.5 Å². The number of rotatable bonds is 3. The Morgan fingerprint density at radius 3 is 2.52 bits per heavy atom. The number of para-hydroxylation sites is 3. The van der Waals surface area contributed by atoms with Crippen LogP contribution in [0.25, 0.3) is 10.9 Å². The number of fused-ring (bicyclic) bond motifs is 1. The van der Waals surface area contributed by atoms with Crippen LogP contribution in [-0.2, 0) is 9.59 Å². The van der Waals surface area contributed by atoms with Crippen molar-refractivity contribution in [3.05, 3.63) is 60.8 Å². The molecule has 3 rings (SSSR count). The van der Waals surface area contributed by atoms with Gasteiger partial charge in [-0.05, 0) is 30.3 Å². The summed E-state index contributed by atoms with van der Waals surface area (Å²) < 4.78 is 5.90. The third-order valence-electron chi connectivity index (χ3n) is 3.19. The molecule has 6 heteroatoms. The lowest BCUT2D eigenvalue weighted by molar-refractivity contribution is -0.134. The lowest BCUT2D eigenvalue weighted by atomic mass is 10.2. The van der Waals surface area contributed by atoms with Crippen LogP contribution in [0.4, 0.5) is 5.69 Å². The van der Waals surface area contributed by atoms with Gasteiger partial charge in [-0.3, -0.25) is 14.6 Å². The zero-order chi connectivity index (χ0) is 16.2. The van der Waals surface area contributed by atoms with Crippen LogP contribution in [0.1, 0.15) is 0 Å². The molecule has 0 radical (unpaired) electrons. The third kappa shape index (κ3) is 3.11. The molecular weight excluding hydrogens is 294 g/mol. The Morgan fingerprint density at radius 2 is 1.70 bits per heavy atom. The highest BCUT2D eigenvalue weighted by atomic mass is 16.5. The summed E-state index contributed by atoms with van der Waals surface area (Å²) in [5.74, 6) is -0.968. The maximum atomic E-state index is 11.5. The van der Waals surface area contributed by atoms with Gasteiger partial charge in [-0.25, -0.2) is 0 Å². The second kappa shape index (κ2) is 6.15. The van der Waals surface area contributed by atoms with Crippen LogP contribution in [0.5, 0.6) is 11.5 Å². The van der Waals surface area contributed by atoms with Crippen molar-refractivity contribution in [1.82, 2.24) is 4.98 Å². The van der Waals surface area contributed by atoms with Gasteiger partial charge in [-0.2, -0.15) is 0 Å². The number of benzene rings is 2. The number of nitrogens with one attached hydrogen (secondary N) is 1. The lowest BCUT2D eigenvalue weighted by Gasteiger charge is -2.12. The highest BCUT2D eigenvalue weighted by Gasteiger charge is 2.13. The molecule has 0 aliphatic rings. The van der Waals surface area contributed by atoms with E-state index < -0.39 is 11.8 Å². The number of nitrogens with two attached hydrogens (primary N) is 1. The van der Waals surface area contributed by atoms with Gasteiger partial charge in [0.15, 0.2) is 5.75 Å². The fourth-order valence-corrected chi connectivity index (χ4v) is 2.12. The quantitative estimate of drug-likeness (QED) is 0.727. The standard InChI is InChI=1S/C17H13N3O3/c18-16(21)17(22)20-13-7-3-4-8-15(13)23-14-9-10-19-12-6-2-1-5-11(12)14/h1-10H,(H2,18,21)(H,20,22). The van der Waals surface area contributed by atoms with E-state index in [9.17, 15) is 9.59 Å². The van der Waals surface area contributed by atoms with Gasteiger partial charge in [0.05, 0.1) is 11.2 Å². The van der Waals surface area contributed by atoms with Crippen molar-refractivity contribution in [1.29, 1.82) is 0 Å². The van der Waals surface area contributed by atoms with Crippen molar-refractivity contribution in [2.45, 2.75) is 0 Å². The maximum absolute atomic E-state index is 11.5. The number of ether oxygens (including phenoxy) is 1. The summed E-state index contributed by atoms with van der Waals surface area (Å²) >= 11 is 0. The van der Waals surface area contributed by atoms with Crippen LogP contribution in [0.2, 0.25) is 0 Å². The average Bonchev–Trinajstić information content (AvgIpc) is 2.57. The molecule has 2 aromatic carbocycles. The molecule has 0 spiro atoms. The van der Waals surface area contributed by atoms with Crippen molar-refractivity contribution in [2.75, 3.05) is 5.32 Å². The minimum atomic E-state index is -1.06. The number of primary amides is 1. The van der Waals surface area contributed by atoms with E-state index in [1.165, 1.54) is 0 Å². The van der Waals surface area contributed by atoms with Gasteiger partial charge >= 0.3 is 11.8 Å². The molecule has 0 saturated heterocycles. The van der Waals surface area contributed by atoms with E-state index in [4.69, 9.17) is 10.5 Å². The predicted molar refractivity (Wildman–Crippen MR) is 86.1 cm³/mol. The SMILES string of the molecule is NC(=O)C(=O)Nc1ccccc1Oc1ccnc2ccccc12. The molecule has 0 saturated carbocycles. The molecule has 0 bridgehead atoms. The van der Waals surface area contributed by atoms with Crippen molar-refractivity contribution < 1.29 is 14.3 Å². The number of pyridine rings is 1. The summed E-state index contributed by atoms with van der Waals surface area (Å²) in [7, 11) is 0. The monoisotopic (exact) mass is 307 g/mol. The summed E-state index contributed by atoms with van der Waals surface area (Å²) in [5.41, 5.74) is 6.11. The summed E-state index contributed by atoms with van der Waals surface area (Å²) in [4.78, 5) is 26.7. The molecular formula is C17H13N3O3. The van der Waals surface area contributed by atoms with Crippen LogP contribution in [0.15, 0.2) is 60.8 Å². The summed E-state index contributed by atoms with van der Waals surface area (Å²) in [6.07, 6.45) is 1.64. The van der Waals surface area contributed by atoms with E-state index in [2.05, 4.69) is 10.3 Å². The fourth-order valence-electron chi connectivity index (χ4n) is 2.12. The Morgan fingerprint density at radius 1 is 0.957 bits per heavy atom. The summed E-state index contributed by atoms with van der Waals surface area (Å²) in [5, 5.41) is 3.26. The topological polar surface area (TPSA) is 94.3 Å². The Labute approximate surface area is 131 Å². The van der Waals surface area contributed by atoms with Crippen LogP contribution < -0.4 is 15.8 Å². The summed E-state index contributed by atoms with van der Waals surface area (Å²) in [6.45, 7) is 0. The van der Waals surface area contributed by atoms with E-state index in [1.807, 2.05) is 24.3 Å². The Balaban J connectivity index is 1.96. The fraction of sp³-hybridized carbons (Fsp3) is 0. The van der Waals surface area contributed by atoms with E-state index >= 15 is 0 Å². The molecule has 0 unspecified atom stereocenters. The zero-order valence-electron chi connectivity index (χ0n) is 12.0. The average molecular weight is 307 g/mol. The number of hydrogen-bond donors (Lipinski definition) is 2. The zero-order valence-corrected chi connectivity index (χ0v) is 12.0. The minimum absolute atomic E-state index is 0.359. The first-order valence-electron chi connectivity index (χ1n) is 6.86. The Hall–Kier alpha value is -3.41. The number of amides is 2. The molecule has 6 nitrogen and oxygen atoms in total. The van der Waals surface area contributed by atoms with Crippen LogP contribution in [-0.4, -0.2) is 16.8 Å². The van der Waals surface area contributed by atoms with Gasteiger partial charge in [0.1, 0.15) is 5.75 Å². The first kappa shape index (κ1) is 14.5. The first-order chi connectivity index (χ1) is 11.1. The Kier molecular flexibility index (Phi) is 3.88. The van der Waals surface area contributed by atoms with E-state index in [1.54, 1.807) is 36.5 Å². The van der Waals surface area contributed by atoms with Crippen molar-refractivity contribution in [3.63, 3.8) is 0 Å². The number of aromatic nitrogens is 1. The molecule has 3 N–H and O–H groups in total. The highest BCUT2D eigenvalue weighted by Crippen LogP contribution is 2.32. The molecule has 3 aromatic rings. The van der Waals surface area contributed by atoms with Crippen LogP contribution in [0, 0.1) is 0 Å². The number of anilines is 1. The third-order valence-corrected chi connectivity index (χ3v) is 3.19. The molecule has 23 heavy (non-hydrogen) atoms. The molecule has 2 amide bonds. The van der Waals surface area contributed by atoms with Crippen molar-refractivity contribution >= 4 is 28.4 Å². The van der Waals surface area contributed by atoms with Gasteiger partial charge in [0.25, 0.3) is 0 Å². The van der Waals surface area contributed by atoms with Gasteiger partial charge in [-0.15, -0.1) is 0 Å². The second-order valence-electron chi connectivity index (χ2n) is 4.74. The molecule has 0 aliphatic heterocycles. The van der Waals surface area contributed by atoms with Gasteiger partial charge in [0.2, 0.25) is 0 Å². The number of carbonyl (C=O) groups is 2. The highest BCUT2D eigenvalue weighted by molar-refractivity contribution is 6.39. The van der Waals surface area contributed by atoms with Crippen LogP contribution >= 0.6 is 0 Å². The van der Waals surface area contributed by atoms with E-state index in [-0.39, 0.29) is 0 Å². The molecule has 1 heterocycles. The molecule has 114 valence electrons. The normalized spacial score (nSPS) is 10.3. The molecule has 0 fully saturated rings. The minimum Gasteiger partial charge on any atom is -0.454 e. The molecule has 1 aromatic heterocycles. The number of carbonyl (C=O) groups excluding carboxylic acids is 2. The van der Waals surface area contributed by atoms with E-state index in [0.29, 0.717) is 17.2 Å². The molecule has 0 atom stereocenters. The van der Waals surface area contributed by atoms with Gasteiger partial charge in [0, 0.05) is 11.6 Å². The number of hydrogen-bond acceptors (Lipinski definition) is 4. The maximum Gasteiger partial charge on any atom is 0.313 e. The number of nitrogens with zero attached hydrogens (tertiary/aromatic N) is 1. The smallest absolute Gasteiger partial charge is 0.313 e. The van der Waals surface area contributed by atoms with Gasteiger partial charge in [-0.1, -0.05) is 24.3 Å². The largest absolute Gasteiger partial charge is 0.454 e. The lowest BCUT2D eigenvalue weighted by Crippen LogP contribution is -2.29. The second-order valence-corrected chi connectivity index (χ2v) is 4.74.